The SMILES string of the molecule is COc1ccc(/C=C/C(=N/Oc2ccc(/C=C/C(=O)c3ccc(F)cc3)cc2)c2ccc(OC)cc2)cc1. The molecule has 0 spiro atoms. The van der Waals surface area contributed by atoms with Gasteiger partial charge in [-0.15, -0.1) is 0 Å². The van der Waals surface area contributed by atoms with Crippen LogP contribution in [0.4, 0.5) is 4.39 Å². The van der Waals surface area contributed by atoms with E-state index in [1.54, 1.807) is 32.4 Å². The van der Waals surface area contributed by atoms with Crippen molar-refractivity contribution in [1.29, 1.82) is 0 Å². The highest BCUT2D eigenvalue weighted by molar-refractivity contribution is 6.10. The van der Waals surface area contributed by atoms with E-state index in [0.29, 0.717) is 17.0 Å². The molecule has 4 aromatic carbocycles. The number of oxime groups is 1. The molecule has 0 saturated heterocycles. The molecule has 5 nitrogen and oxygen atoms in total. The van der Waals surface area contributed by atoms with Crippen molar-refractivity contribution in [3.8, 4) is 17.2 Å². The van der Waals surface area contributed by atoms with Crippen molar-refractivity contribution in [2.45, 2.75) is 0 Å². The molecule has 6 heteroatoms. The van der Waals surface area contributed by atoms with Crippen LogP contribution in [0.1, 0.15) is 27.0 Å². The third-order valence-corrected chi connectivity index (χ3v) is 5.62. The Morgan fingerprint density at radius 2 is 1.11 bits per heavy atom. The first kappa shape index (κ1) is 26.1. The van der Waals surface area contributed by atoms with Gasteiger partial charge in [0.15, 0.2) is 11.5 Å². The second kappa shape index (κ2) is 12.8. The maximum absolute atomic E-state index is 13.1. The molecule has 0 unspecified atom stereocenters. The number of methoxy groups -OCH3 is 2. The average molecular weight is 508 g/mol. The Balaban J connectivity index is 1.48. The molecule has 0 aliphatic carbocycles. The number of benzene rings is 4. The number of nitrogens with zero attached hydrogens (tertiary/aromatic N) is 1. The lowest BCUT2D eigenvalue weighted by Gasteiger charge is -2.06. The van der Waals surface area contributed by atoms with Gasteiger partial charge in [0.2, 0.25) is 0 Å². The number of carbonyl (C=O) groups is 1. The summed E-state index contributed by atoms with van der Waals surface area (Å²) in [6.45, 7) is 0. The molecule has 4 aromatic rings. The van der Waals surface area contributed by atoms with E-state index in [-0.39, 0.29) is 11.6 Å². The van der Waals surface area contributed by atoms with E-state index >= 15 is 0 Å². The largest absolute Gasteiger partial charge is 0.497 e. The summed E-state index contributed by atoms with van der Waals surface area (Å²) in [6.07, 6.45) is 6.96. The van der Waals surface area contributed by atoms with E-state index < -0.39 is 0 Å². The first-order valence-electron chi connectivity index (χ1n) is 11.8. The van der Waals surface area contributed by atoms with Gasteiger partial charge in [-0.3, -0.25) is 4.79 Å². The van der Waals surface area contributed by atoms with Crippen molar-refractivity contribution >= 4 is 23.6 Å². The van der Waals surface area contributed by atoms with Gasteiger partial charge < -0.3 is 14.3 Å². The van der Waals surface area contributed by atoms with Gasteiger partial charge in [-0.1, -0.05) is 41.6 Å². The molecule has 0 aliphatic heterocycles. The summed E-state index contributed by atoms with van der Waals surface area (Å²) in [5, 5.41) is 4.38. The Morgan fingerprint density at radius 3 is 1.66 bits per heavy atom. The van der Waals surface area contributed by atoms with Crippen LogP contribution in [0.5, 0.6) is 17.2 Å². The molecule has 0 aliphatic rings. The van der Waals surface area contributed by atoms with Crippen LogP contribution in [-0.2, 0) is 0 Å². The number of halogens is 1. The van der Waals surface area contributed by atoms with Crippen molar-refractivity contribution in [2.24, 2.45) is 5.16 Å². The van der Waals surface area contributed by atoms with E-state index in [0.717, 1.165) is 28.2 Å². The van der Waals surface area contributed by atoms with Crippen LogP contribution in [0.15, 0.2) is 114 Å². The molecule has 0 amide bonds. The summed E-state index contributed by atoms with van der Waals surface area (Å²) in [5.41, 5.74) is 3.70. The Morgan fingerprint density at radius 1 is 0.632 bits per heavy atom. The summed E-state index contributed by atoms with van der Waals surface area (Å²) in [5.74, 6) is 1.48. The molecule has 0 N–H and O–H groups in total. The maximum atomic E-state index is 13.1. The van der Waals surface area contributed by atoms with Crippen molar-refractivity contribution in [2.75, 3.05) is 14.2 Å². The summed E-state index contributed by atoms with van der Waals surface area (Å²) < 4.78 is 23.5. The fourth-order valence-corrected chi connectivity index (χ4v) is 3.46. The highest BCUT2D eigenvalue weighted by atomic mass is 19.1. The van der Waals surface area contributed by atoms with Crippen LogP contribution in [0.25, 0.3) is 12.2 Å². The van der Waals surface area contributed by atoms with Crippen molar-refractivity contribution in [1.82, 2.24) is 0 Å². The number of hydrogen-bond donors (Lipinski definition) is 0. The predicted molar refractivity (Wildman–Crippen MR) is 148 cm³/mol. The number of allylic oxidation sites excluding steroid dienone is 2. The molecule has 0 saturated carbocycles. The molecule has 0 atom stereocenters. The first-order valence-corrected chi connectivity index (χ1v) is 11.8. The van der Waals surface area contributed by atoms with Gasteiger partial charge in [0.25, 0.3) is 0 Å². The van der Waals surface area contributed by atoms with Gasteiger partial charge >= 0.3 is 0 Å². The van der Waals surface area contributed by atoms with E-state index in [2.05, 4.69) is 5.16 Å². The van der Waals surface area contributed by atoms with Gasteiger partial charge in [-0.05, 0) is 96.1 Å². The predicted octanol–water partition coefficient (Wildman–Crippen LogP) is 7.24. The lowest BCUT2D eigenvalue weighted by molar-refractivity contribution is 0.104. The molecule has 0 heterocycles. The fraction of sp³-hybridized carbons (Fsp3) is 0.0625. The van der Waals surface area contributed by atoms with Crippen molar-refractivity contribution < 1.29 is 23.5 Å². The van der Waals surface area contributed by atoms with Gasteiger partial charge in [0, 0.05) is 11.1 Å². The number of rotatable bonds is 10. The van der Waals surface area contributed by atoms with Crippen LogP contribution in [0.3, 0.4) is 0 Å². The first-order chi connectivity index (χ1) is 18.5. The van der Waals surface area contributed by atoms with Gasteiger partial charge in [0.1, 0.15) is 23.0 Å². The lowest BCUT2D eigenvalue weighted by atomic mass is 10.1. The Hall–Kier alpha value is -4.97. The van der Waals surface area contributed by atoms with Crippen LogP contribution in [-0.4, -0.2) is 25.7 Å². The minimum absolute atomic E-state index is 0.206. The Kier molecular flexibility index (Phi) is 8.81. The minimum Gasteiger partial charge on any atom is -0.497 e. The van der Waals surface area contributed by atoms with Gasteiger partial charge in [-0.25, -0.2) is 4.39 Å². The molecule has 0 fully saturated rings. The van der Waals surface area contributed by atoms with Crippen molar-refractivity contribution in [3.05, 3.63) is 137 Å². The smallest absolute Gasteiger partial charge is 0.185 e. The monoisotopic (exact) mass is 507 g/mol. The number of carbonyl (C=O) groups excluding carboxylic acids is 1. The standard InChI is InChI=1S/C32H26FNO4/c1-36-28-15-3-23(4-16-28)7-21-31(25-11-19-29(37-2)20-12-25)34-38-30-17-5-24(6-18-30)8-22-32(35)26-9-13-27(33)14-10-26/h3-22H,1-2H3/b21-7+,22-8+,34-31-. The third-order valence-electron chi connectivity index (χ3n) is 5.62. The van der Waals surface area contributed by atoms with Crippen LogP contribution < -0.4 is 14.3 Å². The molecular formula is C32H26FNO4. The second-order valence-electron chi connectivity index (χ2n) is 8.18. The van der Waals surface area contributed by atoms with E-state index in [4.69, 9.17) is 14.3 Å². The van der Waals surface area contributed by atoms with E-state index in [1.165, 1.54) is 30.3 Å². The summed E-state index contributed by atoms with van der Waals surface area (Å²) in [7, 11) is 3.25. The summed E-state index contributed by atoms with van der Waals surface area (Å²) >= 11 is 0. The normalized spacial score (nSPS) is 11.6. The minimum atomic E-state index is -0.379. The molecule has 0 radical (unpaired) electrons. The van der Waals surface area contributed by atoms with Gasteiger partial charge in [0.05, 0.1) is 14.2 Å². The zero-order valence-electron chi connectivity index (χ0n) is 21.0. The average Bonchev–Trinajstić information content (AvgIpc) is 2.97. The highest BCUT2D eigenvalue weighted by Gasteiger charge is 2.04. The van der Waals surface area contributed by atoms with Crippen LogP contribution in [0, 0.1) is 5.82 Å². The molecule has 4 rings (SSSR count). The number of ketones is 1. The quantitative estimate of drug-likeness (QED) is 0.0983. The number of hydrogen-bond acceptors (Lipinski definition) is 5. The van der Waals surface area contributed by atoms with Crippen molar-refractivity contribution in [3.63, 3.8) is 0 Å². The summed E-state index contributed by atoms with van der Waals surface area (Å²) in [6, 6.07) is 27.9. The molecule has 190 valence electrons. The van der Waals surface area contributed by atoms with Gasteiger partial charge in [-0.2, -0.15) is 0 Å². The molecule has 0 bridgehead atoms. The van der Waals surface area contributed by atoms with Crippen LogP contribution in [0.2, 0.25) is 0 Å². The third kappa shape index (κ3) is 7.27. The van der Waals surface area contributed by atoms with E-state index in [9.17, 15) is 9.18 Å². The maximum Gasteiger partial charge on any atom is 0.185 e. The molecule has 0 aromatic heterocycles. The van der Waals surface area contributed by atoms with Crippen LogP contribution >= 0.6 is 0 Å². The molecule has 38 heavy (non-hydrogen) atoms. The topological polar surface area (TPSA) is 57.1 Å². The lowest BCUT2D eigenvalue weighted by Crippen LogP contribution is -2.00. The zero-order valence-corrected chi connectivity index (χ0v) is 21.0. The fourth-order valence-electron chi connectivity index (χ4n) is 3.46. The highest BCUT2D eigenvalue weighted by Crippen LogP contribution is 2.18. The zero-order chi connectivity index (χ0) is 26.7. The number of ether oxygens (including phenoxy) is 2. The Bertz CT molecular complexity index is 1440. The molecular weight excluding hydrogens is 481 g/mol. The Labute approximate surface area is 221 Å². The summed E-state index contributed by atoms with van der Waals surface area (Å²) in [4.78, 5) is 18.0. The van der Waals surface area contributed by atoms with E-state index in [1.807, 2.05) is 72.8 Å². The second-order valence-corrected chi connectivity index (χ2v) is 8.18.